The van der Waals surface area contributed by atoms with Crippen LogP contribution in [0.2, 0.25) is 0 Å². The van der Waals surface area contributed by atoms with Crippen LogP contribution in [0.15, 0.2) is 53.4 Å². The highest BCUT2D eigenvalue weighted by Gasteiger charge is 2.31. The molecular formula is C24H32N2O3S. The number of hydrogen-bond donors (Lipinski definition) is 1. The van der Waals surface area contributed by atoms with E-state index in [4.69, 9.17) is 0 Å². The average molecular weight is 429 g/mol. The van der Waals surface area contributed by atoms with Crippen LogP contribution in [0.4, 0.5) is 5.69 Å². The number of sulfonamides is 1. The fourth-order valence-corrected chi connectivity index (χ4v) is 5.85. The summed E-state index contributed by atoms with van der Waals surface area (Å²) in [6.07, 6.45) is 1.04. The van der Waals surface area contributed by atoms with Crippen LogP contribution in [-0.2, 0) is 15.4 Å². The Hall–Kier alpha value is -2.18. The topological polar surface area (TPSA) is 66.5 Å². The molecule has 0 unspecified atom stereocenters. The van der Waals surface area contributed by atoms with Crippen molar-refractivity contribution in [3.05, 3.63) is 59.7 Å². The lowest BCUT2D eigenvalue weighted by Crippen LogP contribution is -2.42. The van der Waals surface area contributed by atoms with Crippen molar-refractivity contribution in [3.63, 3.8) is 0 Å². The van der Waals surface area contributed by atoms with Gasteiger partial charge in [-0.25, -0.2) is 8.42 Å². The van der Waals surface area contributed by atoms with Gasteiger partial charge in [0.25, 0.3) is 5.91 Å². The molecule has 162 valence electrons. The standard InChI is InChI=1S/C24H32N2O3S/c1-17-14-18(2)16-26(15-17)30(28,29)20-12-10-19(11-13-20)23(27)25-22-9-7-6-8-21(22)24(3,4)5/h6-13,17-18H,14-16H2,1-5H3,(H,25,27)/t17-,18-/m1/s1. The summed E-state index contributed by atoms with van der Waals surface area (Å²) < 4.78 is 27.6. The van der Waals surface area contributed by atoms with Crippen LogP contribution in [0.3, 0.4) is 0 Å². The maximum absolute atomic E-state index is 13.0. The number of carbonyl (C=O) groups excluding carboxylic acids is 1. The van der Waals surface area contributed by atoms with Gasteiger partial charge in [0, 0.05) is 24.3 Å². The van der Waals surface area contributed by atoms with E-state index in [1.165, 1.54) is 12.1 Å². The zero-order chi connectivity index (χ0) is 22.1. The van der Waals surface area contributed by atoms with Gasteiger partial charge in [-0.3, -0.25) is 4.79 Å². The number of para-hydroxylation sites is 1. The van der Waals surface area contributed by atoms with Gasteiger partial charge in [-0.1, -0.05) is 52.8 Å². The molecular weight excluding hydrogens is 396 g/mol. The van der Waals surface area contributed by atoms with Crippen molar-refractivity contribution in [1.82, 2.24) is 4.31 Å². The first-order chi connectivity index (χ1) is 14.0. The van der Waals surface area contributed by atoms with Gasteiger partial charge in [0.2, 0.25) is 10.0 Å². The lowest BCUT2D eigenvalue weighted by Gasteiger charge is -2.34. The van der Waals surface area contributed by atoms with E-state index < -0.39 is 10.0 Å². The van der Waals surface area contributed by atoms with E-state index in [1.807, 2.05) is 24.3 Å². The number of benzene rings is 2. The average Bonchev–Trinajstić information content (AvgIpc) is 2.67. The zero-order valence-corrected chi connectivity index (χ0v) is 19.3. The van der Waals surface area contributed by atoms with E-state index in [1.54, 1.807) is 16.4 Å². The minimum Gasteiger partial charge on any atom is -0.322 e. The molecule has 2 atom stereocenters. The number of piperidine rings is 1. The minimum absolute atomic E-state index is 0.107. The number of anilines is 1. The summed E-state index contributed by atoms with van der Waals surface area (Å²) in [5, 5.41) is 2.97. The fourth-order valence-electron chi connectivity index (χ4n) is 4.17. The molecule has 1 fully saturated rings. The third kappa shape index (κ3) is 4.93. The van der Waals surface area contributed by atoms with E-state index in [0.717, 1.165) is 17.7 Å². The molecule has 0 aliphatic carbocycles. The Labute approximate surface area is 180 Å². The molecule has 1 aliphatic heterocycles. The molecule has 0 saturated carbocycles. The normalized spacial score (nSPS) is 20.7. The first-order valence-electron chi connectivity index (χ1n) is 10.5. The Morgan fingerprint density at radius 1 is 0.967 bits per heavy atom. The highest BCUT2D eigenvalue weighted by atomic mass is 32.2. The van der Waals surface area contributed by atoms with Crippen molar-refractivity contribution in [1.29, 1.82) is 0 Å². The molecule has 1 heterocycles. The highest BCUT2D eigenvalue weighted by molar-refractivity contribution is 7.89. The van der Waals surface area contributed by atoms with E-state index in [0.29, 0.717) is 30.5 Å². The zero-order valence-electron chi connectivity index (χ0n) is 18.5. The van der Waals surface area contributed by atoms with Crippen LogP contribution in [0, 0.1) is 11.8 Å². The number of amides is 1. The second-order valence-corrected chi connectivity index (χ2v) is 11.5. The molecule has 2 aromatic carbocycles. The number of nitrogens with one attached hydrogen (secondary N) is 1. The molecule has 0 bridgehead atoms. The Bertz CT molecular complexity index is 997. The van der Waals surface area contributed by atoms with Crippen LogP contribution in [0.5, 0.6) is 0 Å². The monoisotopic (exact) mass is 428 g/mol. The molecule has 30 heavy (non-hydrogen) atoms. The molecule has 1 amide bonds. The van der Waals surface area contributed by atoms with Gasteiger partial charge >= 0.3 is 0 Å². The predicted molar refractivity (Wildman–Crippen MR) is 121 cm³/mol. The molecule has 1 aliphatic rings. The fraction of sp³-hybridized carbons (Fsp3) is 0.458. The summed E-state index contributed by atoms with van der Waals surface area (Å²) in [6.45, 7) is 11.5. The summed E-state index contributed by atoms with van der Waals surface area (Å²) >= 11 is 0. The van der Waals surface area contributed by atoms with Gasteiger partial charge in [0.15, 0.2) is 0 Å². The maximum Gasteiger partial charge on any atom is 0.255 e. The smallest absolute Gasteiger partial charge is 0.255 e. The number of rotatable bonds is 4. The van der Waals surface area contributed by atoms with Gasteiger partial charge in [0.1, 0.15) is 0 Å². The van der Waals surface area contributed by atoms with Crippen LogP contribution in [-0.4, -0.2) is 31.7 Å². The largest absolute Gasteiger partial charge is 0.322 e. The molecule has 6 heteroatoms. The van der Waals surface area contributed by atoms with Gasteiger partial charge in [0.05, 0.1) is 4.90 Å². The number of hydrogen-bond acceptors (Lipinski definition) is 3. The lowest BCUT2D eigenvalue weighted by molar-refractivity contribution is 0.102. The third-order valence-corrected chi connectivity index (χ3v) is 7.42. The molecule has 5 nitrogen and oxygen atoms in total. The molecule has 1 saturated heterocycles. The van der Waals surface area contributed by atoms with E-state index >= 15 is 0 Å². The second-order valence-electron chi connectivity index (χ2n) is 9.54. The van der Waals surface area contributed by atoms with Gasteiger partial charge in [-0.15, -0.1) is 0 Å². The van der Waals surface area contributed by atoms with E-state index in [9.17, 15) is 13.2 Å². The van der Waals surface area contributed by atoms with Crippen LogP contribution in [0.1, 0.15) is 57.0 Å². The Morgan fingerprint density at radius 2 is 1.53 bits per heavy atom. The third-order valence-electron chi connectivity index (χ3n) is 5.57. The maximum atomic E-state index is 13.0. The summed E-state index contributed by atoms with van der Waals surface area (Å²) in [4.78, 5) is 13.0. The highest BCUT2D eigenvalue weighted by Crippen LogP contribution is 2.30. The molecule has 2 aromatic rings. The summed E-state index contributed by atoms with van der Waals surface area (Å²) in [6, 6.07) is 14.0. The number of nitrogens with zero attached hydrogens (tertiary/aromatic N) is 1. The molecule has 0 aromatic heterocycles. The Balaban J connectivity index is 1.78. The van der Waals surface area contributed by atoms with Crippen molar-refractivity contribution < 1.29 is 13.2 Å². The van der Waals surface area contributed by atoms with Gasteiger partial charge < -0.3 is 5.32 Å². The predicted octanol–water partition coefficient (Wildman–Crippen LogP) is 4.90. The quantitative estimate of drug-likeness (QED) is 0.753. The lowest BCUT2D eigenvalue weighted by atomic mass is 9.86. The van der Waals surface area contributed by atoms with Gasteiger partial charge in [-0.05, 0) is 59.6 Å². The minimum atomic E-state index is -3.55. The number of carbonyl (C=O) groups is 1. The van der Waals surface area contributed by atoms with Crippen molar-refractivity contribution in [3.8, 4) is 0 Å². The molecule has 0 radical (unpaired) electrons. The van der Waals surface area contributed by atoms with E-state index in [-0.39, 0.29) is 16.2 Å². The SMILES string of the molecule is C[C@@H]1C[C@@H](C)CN(S(=O)(=O)c2ccc(C(=O)Nc3ccccc3C(C)(C)C)cc2)C1. The van der Waals surface area contributed by atoms with Crippen LogP contribution < -0.4 is 5.32 Å². The molecule has 0 spiro atoms. The van der Waals surface area contributed by atoms with Crippen molar-refractivity contribution in [2.45, 2.75) is 51.3 Å². The van der Waals surface area contributed by atoms with Gasteiger partial charge in [-0.2, -0.15) is 4.31 Å². The Morgan fingerprint density at radius 3 is 2.10 bits per heavy atom. The van der Waals surface area contributed by atoms with Crippen molar-refractivity contribution >= 4 is 21.6 Å². The van der Waals surface area contributed by atoms with Crippen LogP contribution in [0.25, 0.3) is 0 Å². The van der Waals surface area contributed by atoms with Crippen molar-refractivity contribution in [2.75, 3.05) is 18.4 Å². The summed E-state index contributed by atoms with van der Waals surface area (Å²) in [7, 11) is -3.55. The molecule has 1 N–H and O–H groups in total. The summed E-state index contributed by atoms with van der Waals surface area (Å²) in [5.41, 5.74) is 2.14. The van der Waals surface area contributed by atoms with Crippen molar-refractivity contribution in [2.24, 2.45) is 11.8 Å². The Kier molecular flexibility index (Phi) is 6.39. The first-order valence-corrected chi connectivity index (χ1v) is 11.9. The first kappa shape index (κ1) is 22.5. The second kappa shape index (κ2) is 8.52. The van der Waals surface area contributed by atoms with E-state index in [2.05, 4.69) is 39.9 Å². The molecule has 3 rings (SSSR count). The van der Waals surface area contributed by atoms with Crippen LogP contribution >= 0.6 is 0 Å². The summed E-state index contributed by atoms with van der Waals surface area (Å²) in [5.74, 6) is 0.434.